The van der Waals surface area contributed by atoms with E-state index in [9.17, 15) is 8.78 Å². The second-order valence-corrected chi connectivity index (χ2v) is 5.59. The monoisotopic (exact) mass is 336 g/mol. The summed E-state index contributed by atoms with van der Waals surface area (Å²) in [6, 6.07) is 3.64. The number of halogens is 2. The van der Waals surface area contributed by atoms with Gasteiger partial charge in [-0.25, -0.2) is 8.78 Å². The number of aromatic nitrogens is 1. The van der Waals surface area contributed by atoms with Gasteiger partial charge in [-0.1, -0.05) is 11.2 Å². The number of hydrogen-bond donors (Lipinski definition) is 2. The van der Waals surface area contributed by atoms with E-state index in [1.54, 1.807) is 13.1 Å². The molecule has 2 N–H and O–H groups in total. The Morgan fingerprint density at radius 1 is 1.29 bits per heavy atom. The Bertz CT molecular complexity index is 708. The molecule has 0 aliphatic heterocycles. The summed E-state index contributed by atoms with van der Waals surface area (Å²) in [4.78, 5) is 4.14. The molecule has 0 radical (unpaired) electrons. The zero-order valence-corrected chi connectivity index (χ0v) is 14.3. The van der Waals surface area contributed by atoms with Crippen LogP contribution >= 0.6 is 0 Å². The average molecular weight is 336 g/mol. The summed E-state index contributed by atoms with van der Waals surface area (Å²) >= 11 is 0. The topological polar surface area (TPSA) is 62.5 Å². The summed E-state index contributed by atoms with van der Waals surface area (Å²) in [6.45, 7) is 6.29. The summed E-state index contributed by atoms with van der Waals surface area (Å²) in [7, 11) is 1.66. The van der Waals surface area contributed by atoms with Crippen molar-refractivity contribution in [1.82, 2.24) is 15.8 Å². The van der Waals surface area contributed by atoms with Gasteiger partial charge in [0.05, 0.1) is 11.7 Å². The third-order valence-corrected chi connectivity index (χ3v) is 3.87. The van der Waals surface area contributed by atoms with Gasteiger partial charge in [-0.3, -0.25) is 4.99 Å². The number of aliphatic imine (C=N–C) groups is 1. The van der Waals surface area contributed by atoms with Crippen LogP contribution in [0.5, 0.6) is 0 Å². The predicted octanol–water partition coefficient (Wildman–Crippen LogP) is 3.04. The SMILES string of the molecule is CN=C(NCCc1c(C)noc1C)NC(C)c1ccc(F)c(F)c1. The van der Waals surface area contributed by atoms with Gasteiger partial charge in [0.15, 0.2) is 17.6 Å². The Kier molecular flexibility index (Phi) is 5.89. The molecule has 0 aliphatic rings. The van der Waals surface area contributed by atoms with E-state index in [2.05, 4.69) is 20.8 Å². The Morgan fingerprint density at radius 3 is 2.62 bits per heavy atom. The summed E-state index contributed by atoms with van der Waals surface area (Å²) in [5.41, 5.74) is 2.60. The number of aryl methyl sites for hydroxylation is 2. The maximum atomic E-state index is 13.3. The highest BCUT2D eigenvalue weighted by molar-refractivity contribution is 5.80. The van der Waals surface area contributed by atoms with Crippen LogP contribution in [0.25, 0.3) is 0 Å². The van der Waals surface area contributed by atoms with E-state index in [0.717, 1.165) is 29.5 Å². The molecule has 1 aromatic heterocycles. The molecule has 1 heterocycles. The molecule has 5 nitrogen and oxygen atoms in total. The molecule has 0 saturated carbocycles. The average Bonchev–Trinajstić information content (AvgIpc) is 2.88. The molecule has 24 heavy (non-hydrogen) atoms. The molecule has 0 amide bonds. The van der Waals surface area contributed by atoms with Crippen LogP contribution in [0.1, 0.15) is 35.5 Å². The van der Waals surface area contributed by atoms with Crippen molar-refractivity contribution < 1.29 is 13.3 Å². The van der Waals surface area contributed by atoms with Crippen LogP contribution in [0.3, 0.4) is 0 Å². The molecule has 0 spiro atoms. The Morgan fingerprint density at radius 2 is 2.04 bits per heavy atom. The van der Waals surface area contributed by atoms with Gasteiger partial charge in [-0.15, -0.1) is 0 Å². The number of guanidine groups is 1. The summed E-state index contributed by atoms with van der Waals surface area (Å²) in [6.07, 6.45) is 0.751. The highest BCUT2D eigenvalue weighted by atomic mass is 19.2. The summed E-state index contributed by atoms with van der Waals surface area (Å²) in [5, 5.41) is 10.3. The first-order valence-corrected chi connectivity index (χ1v) is 7.76. The summed E-state index contributed by atoms with van der Waals surface area (Å²) < 4.78 is 31.5. The quantitative estimate of drug-likeness (QED) is 0.651. The zero-order chi connectivity index (χ0) is 17.7. The third-order valence-electron chi connectivity index (χ3n) is 3.87. The van der Waals surface area contributed by atoms with E-state index < -0.39 is 11.6 Å². The van der Waals surface area contributed by atoms with E-state index in [0.29, 0.717) is 18.1 Å². The van der Waals surface area contributed by atoms with Gasteiger partial charge < -0.3 is 15.2 Å². The molecule has 1 aromatic carbocycles. The van der Waals surface area contributed by atoms with Crippen molar-refractivity contribution in [3.63, 3.8) is 0 Å². The van der Waals surface area contributed by atoms with E-state index >= 15 is 0 Å². The van der Waals surface area contributed by atoms with E-state index in [-0.39, 0.29) is 6.04 Å². The van der Waals surface area contributed by atoms with Crippen LogP contribution in [0, 0.1) is 25.5 Å². The lowest BCUT2D eigenvalue weighted by atomic mass is 10.1. The Hall–Kier alpha value is -2.44. The van der Waals surface area contributed by atoms with Gasteiger partial charge in [0.2, 0.25) is 0 Å². The van der Waals surface area contributed by atoms with Crippen LogP contribution in [-0.2, 0) is 6.42 Å². The van der Waals surface area contributed by atoms with Crippen molar-refractivity contribution in [2.45, 2.75) is 33.2 Å². The number of nitrogens with zero attached hydrogens (tertiary/aromatic N) is 2. The molecule has 130 valence electrons. The summed E-state index contributed by atoms with van der Waals surface area (Å²) in [5.74, 6) is -0.318. The van der Waals surface area contributed by atoms with Crippen LogP contribution in [0.2, 0.25) is 0 Å². The highest BCUT2D eigenvalue weighted by Gasteiger charge is 2.12. The van der Waals surface area contributed by atoms with Crippen LogP contribution in [0.15, 0.2) is 27.7 Å². The molecule has 7 heteroatoms. The van der Waals surface area contributed by atoms with Gasteiger partial charge in [0.25, 0.3) is 0 Å². The number of benzene rings is 1. The third kappa shape index (κ3) is 4.31. The fourth-order valence-corrected chi connectivity index (χ4v) is 2.43. The smallest absolute Gasteiger partial charge is 0.191 e. The molecule has 0 aliphatic carbocycles. The second kappa shape index (κ2) is 7.90. The normalized spacial score (nSPS) is 13.0. The van der Waals surface area contributed by atoms with Crippen molar-refractivity contribution in [3.05, 3.63) is 52.4 Å². The molecule has 2 rings (SSSR count). The molecule has 0 fully saturated rings. The molecule has 0 saturated heterocycles. The van der Waals surface area contributed by atoms with E-state index in [1.807, 2.05) is 20.8 Å². The van der Waals surface area contributed by atoms with Crippen molar-refractivity contribution in [3.8, 4) is 0 Å². The Labute approximate surface area is 140 Å². The van der Waals surface area contributed by atoms with E-state index in [1.165, 1.54) is 6.07 Å². The van der Waals surface area contributed by atoms with Crippen molar-refractivity contribution in [2.75, 3.05) is 13.6 Å². The first-order chi connectivity index (χ1) is 11.4. The van der Waals surface area contributed by atoms with Gasteiger partial charge in [-0.2, -0.15) is 0 Å². The lowest BCUT2D eigenvalue weighted by molar-refractivity contribution is 0.392. The maximum absolute atomic E-state index is 13.3. The van der Waals surface area contributed by atoms with Crippen LogP contribution in [0.4, 0.5) is 8.78 Å². The standard InChI is InChI=1S/C17H22F2N4O/c1-10(13-5-6-15(18)16(19)9-13)22-17(20-4)21-8-7-14-11(2)23-24-12(14)3/h5-6,9-10H,7-8H2,1-4H3,(H2,20,21,22). The second-order valence-electron chi connectivity index (χ2n) is 5.59. The Balaban J connectivity index is 1.91. The van der Waals surface area contributed by atoms with Gasteiger partial charge in [0, 0.05) is 19.2 Å². The van der Waals surface area contributed by atoms with E-state index in [4.69, 9.17) is 4.52 Å². The van der Waals surface area contributed by atoms with Gasteiger partial charge >= 0.3 is 0 Å². The fraction of sp³-hybridized carbons (Fsp3) is 0.412. The number of hydrogen-bond acceptors (Lipinski definition) is 3. The van der Waals surface area contributed by atoms with Crippen LogP contribution < -0.4 is 10.6 Å². The minimum atomic E-state index is -0.859. The van der Waals surface area contributed by atoms with Crippen molar-refractivity contribution >= 4 is 5.96 Å². The van der Waals surface area contributed by atoms with Gasteiger partial charge in [0.1, 0.15) is 5.76 Å². The maximum Gasteiger partial charge on any atom is 0.191 e. The van der Waals surface area contributed by atoms with Gasteiger partial charge in [-0.05, 0) is 44.9 Å². The minimum absolute atomic E-state index is 0.217. The largest absolute Gasteiger partial charge is 0.361 e. The molecule has 1 atom stereocenters. The molecule has 1 unspecified atom stereocenters. The zero-order valence-electron chi connectivity index (χ0n) is 14.3. The molecular formula is C17H22F2N4O. The fourth-order valence-electron chi connectivity index (χ4n) is 2.43. The number of nitrogens with one attached hydrogen (secondary N) is 2. The highest BCUT2D eigenvalue weighted by Crippen LogP contribution is 2.16. The predicted molar refractivity (Wildman–Crippen MR) is 89.0 cm³/mol. The lowest BCUT2D eigenvalue weighted by Gasteiger charge is -2.18. The molecule has 2 aromatic rings. The lowest BCUT2D eigenvalue weighted by Crippen LogP contribution is -2.39. The number of rotatable bonds is 5. The molecule has 0 bridgehead atoms. The minimum Gasteiger partial charge on any atom is -0.361 e. The molecular weight excluding hydrogens is 314 g/mol. The van der Waals surface area contributed by atoms with Crippen LogP contribution in [-0.4, -0.2) is 24.7 Å². The van der Waals surface area contributed by atoms with Crippen molar-refractivity contribution in [2.24, 2.45) is 4.99 Å². The first-order valence-electron chi connectivity index (χ1n) is 7.76. The first kappa shape index (κ1) is 17.9. The van der Waals surface area contributed by atoms with Crippen molar-refractivity contribution in [1.29, 1.82) is 0 Å².